The molecule has 0 unspecified atom stereocenters. The van der Waals surface area contributed by atoms with Crippen molar-refractivity contribution in [3.8, 4) is 5.75 Å². The van der Waals surface area contributed by atoms with E-state index >= 15 is 0 Å². The van der Waals surface area contributed by atoms with Gasteiger partial charge in [0.25, 0.3) is 0 Å². The summed E-state index contributed by atoms with van der Waals surface area (Å²) >= 11 is 0. The number of hydrogen-bond donors (Lipinski definition) is 1. The van der Waals surface area contributed by atoms with E-state index in [0.717, 1.165) is 37.4 Å². The Hall–Kier alpha value is -1.71. The number of nitrogens with zero attached hydrogens (tertiary/aromatic N) is 1. The Morgan fingerprint density at radius 3 is 2.53 bits per heavy atom. The standard InChI is InChI=1S/C13H18N2O2/c1-17-12-6-4-11(5-7-12)14-10-13(16)15-8-2-3-9-15/h4-7,14H,2-3,8-10H2,1H3. The molecular formula is C13H18N2O2. The molecule has 1 heterocycles. The quantitative estimate of drug-likeness (QED) is 0.862. The summed E-state index contributed by atoms with van der Waals surface area (Å²) in [6, 6.07) is 7.58. The van der Waals surface area contributed by atoms with Crippen molar-refractivity contribution in [1.29, 1.82) is 0 Å². The van der Waals surface area contributed by atoms with E-state index in [0.29, 0.717) is 6.54 Å². The number of likely N-dealkylation sites (tertiary alicyclic amines) is 1. The number of rotatable bonds is 4. The average molecular weight is 234 g/mol. The summed E-state index contributed by atoms with van der Waals surface area (Å²) in [6.07, 6.45) is 2.27. The van der Waals surface area contributed by atoms with Gasteiger partial charge in [-0.2, -0.15) is 0 Å². The highest BCUT2D eigenvalue weighted by Crippen LogP contribution is 2.15. The maximum Gasteiger partial charge on any atom is 0.241 e. The second kappa shape index (κ2) is 5.57. The van der Waals surface area contributed by atoms with Crippen molar-refractivity contribution in [3.05, 3.63) is 24.3 Å². The predicted octanol–water partition coefficient (Wildman–Crippen LogP) is 1.73. The summed E-state index contributed by atoms with van der Waals surface area (Å²) < 4.78 is 5.07. The molecule has 1 fully saturated rings. The van der Waals surface area contributed by atoms with E-state index in [9.17, 15) is 4.79 Å². The number of benzene rings is 1. The zero-order valence-corrected chi connectivity index (χ0v) is 10.1. The second-order valence-electron chi connectivity index (χ2n) is 4.17. The van der Waals surface area contributed by atoms with Crippen LogP contribution in [0, 0.1) is 0 Å². The summed E-state index contributed by atoms with van der Waals surface area (Å²) in [4.78, 5) is 13.7. The molecule has 1 aromatic rings. The first-order chi connectivity index (χ1) is 8.29. The van der Waals surface area contributed by atoms with Crippen LogP contribution >= 0.6 is 0 Å². The largest absolute Gasteiger partial charge is 0.497 e. The van der Waals surface area contributed by atoms with Crippen LogP contribution in [0.3, 0.4) is 0 Å². The molecule has 0 atom stereocenters. The third-order valence-corrected chi connectivity index (χ3v) is 2.99. The molecule has 0 saturated carbocycles. The van der Waals surface area contributed by atoms with Crippen LogP contribution in [0.1, 0.15) is 12.8 Å². The molecule has 4 nitrogen and oxygen atoms in total. The number of nitrogens with one attached hydrogen (secondary N) is 1. The number of carbonyl (C=O) groups is 1. The van der Waals surface area contributed by atoms with Gasteiger partial charge in [0.15, 0.2) is 0 Å². The third-order valence-electron chi connectivity index (χ3n) is 2.99. The van der Waals surface area contributed by atoms with E-state index in [1.165, 1.54) is 0 Å². The number of ether oxygens (including phenoxy) is 1. The van der Waals surface area contributed by atoms with Gasteiger partial charge in [0.1, 0.15) is 5.75 Å². The first-order valence-electron chi connectivity index (χ1n) is 5.95. The van der Waals surface area contributed by atoms with Crippen molar-refractivity contribution in [1.82, 2.24) is 4.90 Å². The maximum atomic E-state index is 11.8. The van der Waals surface area contributed by atoms with Crippen LogP contribution in [0.25, 0.3) is 0 Å². The van der Waals surface area contributed by atoms with Crippen molar-refractivity contribution in [2.75, 3.05) is 32.1 Å². The normalized spacial score (nSPS) is 14.8. The Labute approximate surface area is 102 Å². The zero-order valence-electron chi connectivity index (χ0n) is 10.1. The molecule has 1 amide bonds. The van der Waals surface area contributed by atoms with Crippen molar-refractivity contribution in [3.63, 3.8) is 0 Å². The van der Waals surface area contributed by atoms with Crippen LogP contribution in [0.2, 0.25) is 0 Å². The fourth-order valence-corrected chi connectivity index (χ4v) is 1.96. The Bertz CT molecular complexity index is 370. The van der Waals surface area contributed by atoms with Gasteiger partial charge in [-0.3, -0.25) is 4.79 Å². The van der Waals surface area contributed by atoms with Gasteiger partial charge >= 0.3 is 0 Å². The van der Waals surface area contributed by atoms with Crippen LogP contribution in [-0.2, 0) is 4.79 Å². The minimum atomic E-state index is 0.179. The lowest BCUT2D eigenvalue weighted by Crippen LogP contribution is -2.32. The van der Waals surface area contributed by atoms with Gasteiger partial charge in [0, 0.05) is 18.8 Å². The molecule has 0 aliphatic carbocycles. The Morgan fingerprint density at radius 2 is 1.94 bits per heavy atom. The van der Waals surface area contributed by atoms with E-state index in [1.807, 2.05) is 29.2 Å². The van der Waals surface area contributed by atoms with Crippen LogP contribution in [0.5, 0.6) is 5.75 Å². The van der Waals surface area contributed by atoms with Crippen molar-refractivity contribution < 1.29 is 9.53 Å². The van der Waals surface area contributed by atoms with Crippen LogP contribution in [0.15, 0.2) is 24.3 Å². The molecule has 0 radical (unpaired) electrons. The van der Waals surface area contributed by atoms with Gasteiger partial charge in [-0.25, -0.2) is 0 Å². The highest BCUT2D eigenvalue weighted by molar-refractivity contribution is 5.81. The fourth-order valence-electron chi connectivity index (χ4n) is 1.96. The number of amides is 1. The minimum Gasteiger partial charge on any atom is -0.497 e. The molecule has 4 heteroatoms. The SMILES string of the molecule is COc1ccc(NCC(=O)N2CCCC2)cc1. The summed E-state index contributed by atoms with van der Waals surface area (Å²) in [5.41, 5.74) is 0.943. The van der Waals surface area contributed by atoms with Gasteiger partial charge in [0.2, 0.25) is 5.91 Å². The molecule has 0 spiro atoms. The molecule has 0 aromatic heterocycles. The van der Waals surface area contributed by atoms with Crippen molar-refractivity contribution in [2.24, 2.45) is 0 Å². The van der Waals surface area contributed by atoms with Crippen LogP contribution in [-0.4, -0.2) is 37.6 Å². The van der Waals surface area contributed by atoms with Gasteiger partial charge in [-0.05, 0) is 37.1 Å². The Kier molecular flexibility index (Phi) is 3.85. The maximum absolute atomic E-state index is 11.8. The van der Waals surface area contributed by atoms with E-state index in [1.54, 1.807) is 7.11 Å². The Morgan fingerprint density at radius 1 is 1.29 bits per heavy atom. The van der Waals surface area contributed by atoms with Crippen molar-refractivity contribution in [2.45, 2.75) is 12.8 Å². The van der Waals surface area contributed by atoms with Crippen LogP contribution in [0.4, 0.5) is 5.69 Å². The number of hydrogen-bond acceptors (Lipinski definition) is 3. The fraction of sp³-hybridized carbons (Fsp3) is 0.462. The zero-order chi connectivity index (χ0) is 12.1. The average Bonchev–Trinajstić information content (AvgIpc) is 2.90. The highest BCUT2D eigenvalue weighted by atomic mass is 16.5. The van der Waals surface area contributed by atoms with Gasteiger partial charge in [-0.15, -0.1) is 0 Å². The minimum absolute atomic E-state index is 0.179. The smallest absolute Gasteiger partial charge is 0.241 e. The predicted molar refractivity (Wildman–Crippen MR) is 67.3 cm³/mol. The van der Waals surface area contributed by atoms with Crippen molar-refractivity contribution >= 4 is 11.6 Å². The van der Waals surface area contributed by atoms with E-state index in [4.69, 9.17) is 4.74 Å². The van der Waals surface area contributed by atoms with Crippen LogP contribution < -0.4 is 10.1 Å². The first-order valence-corrected chi connectivity index (χ1v) is 5.95. The molecule has 1 aliphatic heterocycles. The summed E-state index contributed by atoms with van der Waals surface area (Å²) in [6.45, 7) is 2.18. The molecule has 1 N–H and O–H groups in total. The monoisotopic (exact) mass is 234 g/mol. The molecule has 17 heavy (non-hydrogen) atoms. The molecule has 1 aliphatic rings. The number of anilines is 1. The molecular weight excluding hydrogens is 216 g/mol. The lowest BCUT2D eigenvalue weighted by molar-refractivity contribution is -0.128. The van der Waals surface area contributed by atoms with E-state index < -0.39 is 0 Å². The summed E-state index contributed by atoms with van der Waals surface area (Å²) in [5, 5.41) is 3.13. The summed E-state index contributed by atoms with van der Waals surface area (Å²) in [7, 11) is 1.64. The first kappa shape index (κ1) is 11.8. The van der Waals surface area contributed by atoms with E-state index in [-0.39, 0.29) is 5.91 Å². The topological polar surface area (TPSA) is 41.6 Å². The molecule has 1 saturated heterocycles. The second-order valence-corrected chi connectivity index (χ2v) is 4.17. The lowest BCUT2D eigenvalue weighted by atomic mass is 10.3. The summed E-state index contributed by atoms with van der Waals surface area (Å²) in [5.74, 6) is 1.000. The third kappa shape index (κ3) is 3.12. The van der Waals surface area contributed by atoms with Gasteiger partial charge < -0.3 is 15.0 Å². The molecule has 0 bridgehead atoms. The highest BCUT2D eigenvalue weighted by Gasteiger charge is 2.16. The lowest BCUT2D eigenvalue weighted by Gasteiger charge is -2.16. The van der Waals surface area contributed by atoms with Gasteiger partial charge in [-0.1, -0.05) is 0 Å². The number of methoxy groups -OCH3 is 1. The van der Waals surface area contributed by atoms with E-state index in [2.05, 4.69) is 5.32 Å². The molecule has 1 aromatic carbocycles. The Balaban J connectivity index is 1.82. The van der Waals surface area contributed by atoms with Gasteiger partial charge in [0.05, 0.1) is 13.7 Å². The molecule has 92 valence electrons. The number of carbonyl (C=O) groups excluding carboxylic acids is 1. The molecule has 2 rings (SSSR count).